The van der Waals surface area contributed by atoms with Crippen molar-refractivity contribution in [2.45, 2.75) is 13.0 Å². The zero-order valence-electron chi connectivity index (χ0n) is 11.4. The smallest absolute Gasteiger partial charge is 0.328 e. The number of carboxylic acid groups (broad SMARTS) is 1. The number of methoxy groups -OCH3 is 1. The summed E-state index contributed by atoms with van der Waals surface area (Å²) in [5.74, 6) is -1.15. The highest BCUT2D eigenvalue weighted by Crippen LogP contribution is 2.19. The van der Waals surface area contributed by atoms with Crippen molar-refractivity contribution < 1.29 is 24.5 Å². The first kappa shape index (κ1) is 15.8. The molecular formula is C13H18N2O5. The molecule has 0 fully saturated rings. The summed E-state index contributed by atoms with van der Waals surface area (Å²) >= 11 is 0. The van der Waals surface area contributed by atoms with Crippen molar-refractivity contribution >= 4 is 17.7 Å². The van der Waals surface area contributed by atoms with Crippen LogP contribution in [0.2, 0.25) is 0 Å². The summed E-state index contributed by atoms with van der Waals surface area (Å²) < 4.78 is 4.75. The van der Waals surface area contributed by atoms with Crippen molar-refractivity contribution in [3.05, 3.63) is 24.3 Å². The number of aromatic hydroxyl groups is 1. The number of nitrogens with one attached hydrogen (secondary N) is 1. The predicted molar refractivity (Wildman–Crippen MR) is 73.0 cm³/mol. The Morgan fingerprint density at radius 3 is 2.65 bits per heavy atom. The predicted octanol–water partition coefficient (Wildman–Crippen LogP) is 1.03. The van der Waals surface area contributed by atoms with Gasteiger partial charge >= 0.3 is 12.0 Å². The van der Waals surface area contributed by atoms with Gasteiger partial charge < -0.3 is 20.3 Å². The number of carbonyl (C=O) groups is 2. The molecule has 110 valence electrons. The second-order valence-corrected chi connectivity index (χ2v) is 4.06. The summed E-state index contributed by atoms with van der Waals surface area (Å²) in [6, 6.07) is 4.47. The number of aliphatic carboxylic acids is 1. The lowest BCUT2D eigenvalue weighted by molar-refractivity contribution is -0.140. The van der Waals surface area contributed by atoms with Crippen LogP contribution in [-0.2, 0) is 9.53 Å². The van der Waals surface area contributed by atoms with Crippen LogP contribution in [0.3, 0.4) is 0 Å². The van der Waals surface area contributed by atoms with Crippen molar-refractivity contribution in [1.82, 2.24) is 5.32 Å². The number of amides is 2. The van der Waals surface area contributed by atoms with Crippen LogP contribution in [0.4, 0.5) is 10.5 Å². The van der Waals surface area contributed by atoms with E-state index in [2.05, 4.69) is 5.32 Å². The first-order valence-corrected chi connectivity index (χ1v) is 6.08. The Morgan fingerprint density at radius 2 is 2.15 bits per heavy atom. The molecule has 7 heteroatoms. The van der Waals surface area contributed by atoms with E-state index in [9.17, 15) is 14.7 Å². The number of hydrogen-bond donors (Lipinski definition) is 3. The van der Waals surface area contributed by atoms with Crippen LogP contribution < -0.4 is 10.2 Å². The molecule has 0 heterocycles. The van der Waals surface area contributed by atoms with Crippen molar-refractivity contribution in [2.24, 2.45) is 0 Å². The molecule has 20 heavy (non-hydrogen) atoms. The Bertz CT molecular complexity index is 478. The molecule has 0 aliphatic heterocycles. The first-order chi connectivity index (χ1) is 9.49. The van der Waals surface area contributed by atoms with Gasteiger partial charge in [0.1, 0.15) is 5.75 Å². The van der Waals surface area contributed by atoms with Gasteiger partial charge in [0.2, 0.25) is 0 Å². The molecule has 0 aromatic heterocycles. The Hall–Kier alpha value is -2.28. The highest BCUT2D eigenvalue weighted by Gasteiger charge is 2.23. The van der Waals surface area contributed by atoms with Crippen LogP contribution in [0.25, 0.3) is 0 Å². The van der Waals surface area contributed by atoms with Crippen LogP contribution >= 0.6 is 0 Å². The Balaban J connectivity index is 2.84. The fourth-order valence-corrected chi connectivity index (χ4v) is 1.67. The van der Waals surface area contributed by atoms with Crippen LogP contribution in [-0.4, -0.2) is 48.5 Å². The maximum atomic E-state index is 12.1. The number of rotatable bonds is 6. The molecule has 1 atom stereocenters. The van der Waals surface area contributed by atoms with Crippen molar-refractivity contribution in [1.29, 1.82) is 0 Å². The van der Waals surface area contributed by atoms with E-state index in [1.54, 1.807) is 19.1 Å². The Labute approximate surface area is 116 Å². The number of urea groups is 1. The van der Waals surface area contributed by atoms with E-state index in [-0.39, 0.29) is 12.4 Å². The number of hydrogen-bond acceptors (Lipinski definition) is 4. The number of benzene rings is 1. The van der Waals surface area contributed by atoms with Crippen LogP contribution in [0.15, 0.2) is 24.3 Å². The van der Waals surface area contributed by atoms with Gasteiger partial charge in [-0.1, -0.05) is 6.07 Å². The fraction of sp³-hybridized carbons (Fsp3) is 0.385. The molecule has 0 saturated carbocycles. The van der Waals surface area contributed by atoms with Gasteiger partial charge in [0.15, 0.2) is 6.04 Å². The summed E-state index contributed by atoms with van der Waals surface area (Å²) in [5.41, 5.74) is 0.478. The highest BCUT2D eigenvalue weighted by atomic mass is 16.5. The van der Waals surface area contributed by atoms with E-state index in [1.165, 1.54) is 24.1 Å². The van der Waals surface area contributed by atoms with Gasteiger partial charge in [-0.2, -0.15) is 0 Å². The van der Waals surface area contributed by atoms with Gasteiger partial charge in [-0.15, -0.1) is 0 Å². The number of carboxylic acids is 1. The molecule has 7 nitrogen and oxygen atoms in total. The zero-order valence-corrected chi connectivity index (χ0v) is 11.4. The third-order valence-corrected chi connectivity index (χ3v) is 2.63. The average molecular weight is 282 g/mol. The molecular weight excluding hydrogens is 264 g/mol. The minimum absolute atomic E-state index is 0.0282. The molecule has 0 aliphatic carbocycles. The third-order valence-electron chi connectivity index (χ3n) is 2.63. The lowest BCUT2D eigenvalue weighted by Gasteiger charge is -2.23. The van der Waals surface area contributed by atoms with E-state index in [4.69, 9.17) is 9.84 Å². The number of ether oxygens (including phenoxy) is 1. The number of nitrogens with zero attached hydrogens (tertiary/aromatic N) is 1. The molecule has 1 aromatic rings. The summed E-state index contributed by atoms with van der Waals surface area (Å²) in [6.45, 7) is 1.95. The Morgan fingerprint density at radius 1 is 1.45 bits per heavy atom. The number of anilines is 1. The van der Waals surface area contributed by atoms with E-state index in [0.29, 0.717) is 12.2 Å². The second-order valence-electron chi connectivity index (χ2n) is 4.06. The molecule has 0 spiro atoms. The molecule has 2 amide bonds. The molecule has 0 bridgehead atoms. The van der Waals surface area contributed by atoms with Crippen LogP contribution in [0, 0.1) is 0 Å². The SMILES string of the molecule is CCN(C(=O)NC(COC)C(=O)O)c1cccc(O)c1. The average Bonchev–Trinajstić information content (AvgIpc) is 2.39. The van der Waals surface area contributed by atoms with Gasteiger partial charge in [0.05, 0.1) is 6.61 Å². The van der Waals surface area contributed by atoms with E-state index >= 15 is 0 Å². The summed E-state index contributed by atoms with van der Waals surface area (Å²) in [6.07, 6.45) is 0. The molecule has 0 saturated heterocycles. The lowest BCUT2D eigenvalue weighted by Crippen LogP contribution is -2.50. The lowest BCUT2D eigenvalue weighted by atomic mass is 10.2. The largest absolute Gasteiger partial charge is 0.508 e. The van der Waals surface area contributed by atoms with Crippen LogP contribution in [0.1, 0.15) is 6.92 Å². The maximum absolute atomic E-state index is 12.1. The number of phenolic OH excluding ortho intramolecular Hbond substituents is 1. The quantitative estimate of drug-likeness (QED) is 0.723. The van der Waals surface area contributed by atoms with Gasteiger partial charge in [-0.25, -0.2) is 9.59 Å². The maximum Gasteiger partial charge on any atom is 0.328 e. The molecule has 0 aliphatic rings. The third kappa shape index (κ3) is 4.13. The Kier molecular flexibility index (Phi) is 5.79. The topological polar surface area (TPSA) is 99.1 Å². The zero-order chi connectivity index (χ0) is 15.1. The van der Waals surface area contributed by atoms with Gasteiger partial charge in [-0.05, 0) is 19.1 Å². The molecule has 1 rings (SSSR count). The highest BCUT2D eigenvalue weighted by molar-refractivity contribution is 5.94. The summed E-state index contributed by atoms with van der Waals surface area (Å²) in [4.78, 5) is 24.4. The molecule has 1 unspecified atom stereocenters. The number of phenols is 1. The van der Waals surface area contributed by atoms with Crippen molar-refractivity contribution in [3.8, 4) is 5.75 Å². The second kappa shape index (κ2) is 7.34. The minimum Gasteiger partial charge on any atom is -0.508 e. The van der Waals surface area contributed by atoms with Gasteiger partial charge in [-0.3, -0.25) is 4.90 Å². The summed E-state index contributed by atoms with van der Waals surface area (Å²) in [5, 5.41) is 20.8. The normalized spacial score (nSPS) is 11.7. The minimum atomic E-state index is -1.17. The van der Waals surface area contributed by atoms with E-state index < -0.39 is 18.0 Å². The molecule has 3 N–H and O–H groups in total. The number of carbonyl (C=O) groups excluding carboxylic acids is 1. The van der Waals surface area contributed by atoms with Gasteiger partial charge in [0.25, 0.3) is 0 Å². The van der Waals surface area contributed by atoms with E-state index in [0.717, 1.165) is 0 Å². The first-order valence-electron chi connectivity index (χ1n) is 6.08. The van der Waals surface area contributed by atoms with E-state index in [1.807, 2.05) is 0 Å². The summed E-state index contributed by atoms with van der Waals surface area (Å²) in [7, 11) is 1.36. The fourth-order valence-electron chi connectivity index (χ4n) is 1.67. The van der Waals surface area contributed by atoms with Gasteiger partial charge in [0, 0.05) is 25.4 Å². The molecule has 0 radical (unpaired) electrons. The van der Waals surface area contributed by atoms with Crippen LogP contribution in [0.5, 0.6) is 5.75 Å². The van der Waals surface area contributed by atoms with Crippen molar-refractivity contribution in [3.63, 3.8) is 0 Å². The standard InChI is InChI=1S/C13H18N2O5/c1-3-15(9-5-4-6-10(16)7-9)13(19)14-11(8-20-2)12(17)18/h4-7,11,16H,3,8H2,1-2H3,(H,14,19)(H,17,18). The monoisotopic (exact) mass is 282 g/mol. The molecule has 1 aromatic carbocycles. The van der Waals surface area contributed by atoms with Crippen molar-refractivity contribution in [2.75, 3.05) is 25.2 Å².